The van der Waals surface area contributed by atoms with E-state index in [0.717, 1.165) is 11.3 Å². The monoisotopic (exact) mass is 397 g/mol. The first-order chi connectivity index (χ1) is 10.1. The van der Waals surface area contributed by atoms with Crippen LogP contribution >= 0.6 is 22.6 Å². The molecule has 5 heteroatoms. The minimum atomic E-state index is -0.328. The molecule has 3 nitrogen and oxygen atoms in total. The Morgan fingerprint density at radius 1 is 1.24 bits per heavy atom. The maximum absolute atomic E-state index is 13.0. The Morgan fingerprint density at radius 3 is 2.57 bits per heavy atom. The van der Waals surface area contributed by atoms with Gasteiger partial charge in [-0.3, -0.25) is 4.79 Å². The smallest absolute Gasteiger partial charge is 0.248 e. The maximum Gasteiger partial charge on any atom is 0.248 e. The highest BCUT2D eigenvalue weighted by Crippen LogP contribution is 2.19. The number of benzene rings is 2. The maximum atomic E-state index is 13.0. The van der Waals surface area contributed by atoms with Crippen LogP contribution in [0.25, 0.3) is 6.08 Å². The third-order valence-electron chi connectivity index (χ3n) is 2.73. The molecular formula is C16H13FINO2. The van der Waals surface area contributed by atoms with Crippen molar-refractivity contribution >= 4 is 40.3 Å². The zero-order valence-corrected chi connectivity index (χ0v) is 13.4. The molecule has 0 saturated heterocycles. The number of rotatable bonds is 4. The van der Waals surface area contributed by atoms with Gasteiger partial charge in [-0.1, -0.05) is 12.1 Å². The molecule has 108 valence electrons. The number of amides is 1. The SMILES string of the molecule is COc1ccc(C=CC(=O)Nc2ccc(F)cc2I)cc1. The number of methoxy groups -OCH3 is 1. The van der Waals surface area contributed by atoms with E-state index < -0.39 is 0 Å². The second-order valence-corrected chi connectivity index (χ2v) is 5.38. The number of nitrogens with one attached hydrogen (secondary N) is 1. The van der Waals surface area contributed by atoms with Gasteiger partial charge in [-0.25, -0.2) is 4.39 Å². The first-order valence-electron chi connectivity index (χ1n) is 6.16. The van der Waals surface area contributed by atoms with Crippen molar-refractivity contribution < 1.29 is 13.9 Å². The summed E-state index contributed by atoms with van der Waals surface area (Å²) in [6.07, 6.45) is 3.13. The van der Waals surface area contributed by atoms with Crippen molar-refractivity contribution in [2.24, 2.45) is 0 Å². The standard InChI is InChI=1S/C16H13FINO2/c1-21-13-6-2-11(3-7-13)4-9-16(20)19-15-8-5-12(17)10-14(15)18/h2-10H,1H3,(H,19,20). The summed E-state index contributed by atoms with van der Waals surface area (Å²) in [5.41, 5.74) is 1.47. The Morgan fingerprint density at radius 2 is 1.95 bits per heavy atom. The molecule has 0 aliphatic heterocycles. The molecule has 0 unspecified atom stereocenters. The first kappa shape index (κ1) is 15.5. The molecule has 2 aromatic carbocycles. The first-order valence-corrected chi connectivity index (χ1v) is 7.24. The van der Waals surface area contributed by atoms with Gasteiger partial charge in [0.2, 0.25) is 5.91 Å². The summed E-state index contributed by atoms with van der Waals surface area (Å²) in [6, 6.07) is 11.6. The van der Waals surface area contributed by atoms with Crippen molar-refractivity contribution in [3.05, 3.63) is 63.5 Å². The number of carbonyl (C=O) groups excluding carboxylic acids is 1. The summed E-state index contributed by atoms with van der Waals surface area (Å²) in [7, 11) is 1.60. The average molecular weight is 397 g/mol. The largest absolute Gasteiger partial charge is 0.497 e. The van der Waals surface area contributed by atoms with Crippen LogP contribution in [0.2, 0.25) is 0 Å². The molecule has 0 spiro atoms. The van der Waals surface area contributed by atoms with Crippen LogP contribution in [0.4, 0.5) is 10.1 Å². The van der Waals surface area contributed by atoms with E-state index in [9.17, 15) is 9.18 Å². The van der Waals surface area contributed by atoms with Gasteiger partial charge in [0, 0.05) is 9.65 Å². The minimum absolute atomic E-state index is 0.268. The predicted molar refractivity (Wildman–Crippen MR) is 89.8 cm³/mol. The zero-order chi connectivity index (χ0) is 15.2. The van der Waals surface area contributed by atoms with E-state index in [2.05, 4.69) is 5.32 Å². The Bertz CT molecular complexity index is 668. The molecule has 0 aromatic heterocycles. The summed E-state index contributed by atoms with van der Waals surface area (Å²) in [4.78, 5) is 11.8. The molecule has 0 saturated carbocycles. The van der Waals surface area contributed by atoms with Gasteiger partial charge in [-0.2, -0.15) is 0 Å². The third-order valence-corrected chi connectivity index (χ3v) is 3.62. The second-order valence-electron chi connectivity index (χ2n) is 4.22. The molecule has 0 bridgehead atoms. The van der Waals surface area contributed by atoms with Crippen molar-refractivity contribution in [1.82, 2.24) is 0 Å². The molecule has 0 atom stereocenters. The Kier molecular flexibility index (Phi) is 5.32. The van der Waals surface area contributed by atoms with Gasteiger partial charge in [0.15, 0.2) is 0 Å². The van der Waals surface area contributed by atoms with E-state index in [1.54, 1.807) is 13.2 Å². The van der Waals surface area contributed by atoms with Gasteiger partial charge in [0.25, 0.3) is 0 Å². The molecule has 0 aliphatic rings. The van der Waals surface area contributed by atoms with Crippen molar-refractivity contribution in [3.8, 4) is 5.75 Å². The van der Waals surface area contributed by atoms with Crippen molar-refractivity contribution in [2.75, 3.05) is 12.4 Å². The fourth-order valence-corrected chi connectivity index (χ4v) is 2.26. The minimum Gasteiger partial charge on any atom is -0.497 e. The van der Waals surface area contributed by atoms with Crippen molar-refractivity contribution in [1.29, 1.82) is 0 Å². The molecule has 0 fully saturated rings. The van der Waals surface area contributed by atoms with Crippen LogP contribution < -0.4 is 10.1 Å². The van der Waals surface area contributed by atoms with E-state index in [0.29, 0.717) is 9.26 Å². The molecule has 1 amide bonds. The summed E-state index contributed by atoms with van der Waals surface area (Å²) in [6.45, 7) is 0. The van der Waals surface area contributed by atoms with Crippen LogP contribution in [0.1, 0.15) is 5.56 Å². The van der Waals surface area contributed by atoms with Crippen LogP contribution in [0.3, 0.4) is 0 Å². The number of hydrogen-bond donors (Lipinski definition) is 1. The number of anilines is 1. The highest BCUT2D eigenvalue weighted by molar-refractivity contribution is 14.1. The fourth-order valence-electron chi connectivity index (χ4n) is 1.65. The number of carbonyl (C=O) groups is 1. The van der Waals surface area contributed by atoms with Crippen LogP contribution in [0, 0.1) is 9.39 Å². The van der Waals surface area contributed by atoms with Gasteiger partial charge < -0.3 is 10.1 Å². The zero-order valence-electron chi connectivity index (χ0n) is 11.3. The van der Waals surface area contributed by atoms with E-state index in [-0.39, 0.29) is 11.7 Å². The lowest BCUT2D eigenvalue weighted by Gasteiger charge is -2.05. The van der Waals surface area contributed by atoms with Gasteiger partial charge in [-0.05, 0) is 64.6 Å². The quantitative estimate of drug-likeness (QED) is 0.624. The van der Waals surface area contributed by atoms with E-state index in [1.807, 2.05) is 46.9 Å². The lowest BCUT2D eigenvalue weighted by Crippen LogP contribution is -2.09. The molecule has 1 N–H and O–H groups in total. The van der Waals surface area contributed by atoms with Crippen LogP contribution in [-0.4, -0.2) is 13.0 Å². The van der Waals surface area contributed by atoms with E-state index in [4.69, 9.17) is 4.74 Å². The van der Waals surface area contributed by atoms with Gasteiger partial charge in [-0.15, -0.1) is 0 Å². The predicted octanol–water partition coefficient (Wildman–Crippen LogP) is 4.09. The molecule has 0 heterocycles. The molecule has 0 aliphatic carbocycles. The molecule has 0 radical (unpaired) electrons. The summed E-state index contributed by atoms with van der Waals surface area (Å²) in [5, 5.41) is 2.71. The highest BCUT2D eigenvalue weighted by Gasteiger charge is 2.03. The summed E-state index contributed by atoms with van der Waals surface area (Å²) >= 11 is 1.97. The van der Waals surface area contributed by atoms with Crippen LogP contribution in [0.5, 0.6) is 5.75 Å². The molecular weight excluding hydrogens is 384 g/mol. The van der Waals surface area contributed by atoms with Crippen LogP contribution in [-0.2, 0) is 4.79 Å². The fraction of sp³-hybridized carbons (Fsp3) is 0.0625. The third kappa shape index (κ3) is 4.56. The van der Waals surface area contributed by atoms with Crippen molar-refractivity contribution in [2.45, 2.75) is 0 Å². The van der Waals surface area contributed by atoms with Gasteiger partial charge >= 0.3 is 0 Å². The molecule has 2 aromatic rings. The Balaban J connectivity index is 2.01. The van der Waals surface area contributed by atoms with E-state index >= 15 is 0 Å². The number of ether oxygens (including phenoxy) is 1. The topological polar surface area (TPSA) is 38.3 Å². The highest BCUT2D eigenvalue weighted by atomic mass is 127. The summed E-state index contributed by atoms with van der Waals surface area (Å²) < 4.78 is 18.7. The average Bonchev–Trinajstić information content (AvgIpc) is 2.48. The van der Waals surface area contributed by atoms with Crippen LogP contribution in [0.15, 0.2) is 48.5 Å². The number of halogens is 2. The molecule has 2 rings (SSSR count). The van der Waals surface area contributed by atoms with E-state index in [1.165, 1.54) is 24.3 Å². The van der Waals surface area contributed by atoms with Crippen molar-refractivity contribution in [3.63, 3.8) is 0 Å². The normalized spacial score (nSPS) is 10.6. The summed E-state index contributed by atoms with van der Waals surface area (Å²) in [5.74, 6) is 0.166. The van der Waals surface area contributed by atoms with Gasteiger partial charge in [0.1, 0.15) is 11.6 Å². The second kappa shape index (κ2) is 7.21. The number of hydrogen-bond acceptors (Lipinski definition) is 2. The Labute approximate surface area is 136 Å². The lowest BCUT2D eigenvalue weighted by molar-refractivity contribution is -0.111. The lowest BCUT2D eigenvalue weighted by atomic mass is 10.2. The molecule has 21 heavy (non-hydrogen) atoms. The Hall–Kier alpha value is -1.89. The van der Waals surface area contributed by atoms with Gasteiger partial charge in [0.05, 0.1) is 12.8 Å².